The molecule has 2 N–H and O–H groups in total. The Bertz CT molecular complexity index is 417. The van der Waals surface area contributed by atoms with Crippen LogP contribution in [0.3, 0.4) is 0 Å². The minimum atomic E-state index is -0.981. The first-order chi connectivity index (χ1) is 8.61. The van der Waals surface area contributed by atoms with Gasteiger partial charge in [0.2, 0.25) is 5.91 Å². The molecule has 18 heavy (non-hydrogen) atoms. The number of carboxylic acids is 1. The summed E-state index contributed by atoms with van der Waals surface area (Å²) < 4.78 is 5.43. The highest BCUT2D eigenvalue weighted by Crippen LogP contribution is 2.17. The normalized spacial score (nSPS) is 9.83. The summed E-state index contributed by atoms with van der Waals surface area (Å²) in [6.45, 7) is 2.63. The lowest BCUT2D eigenvalue weighted by molar-refractivity contribution is -0.138. The van der Waals surface area contributed by atoms with E-state index in [2.05, 4.69) is 5.32 Å². The standard InChI is InChI=1S/C13H17NO4/c1-2-8-18-11-5-3-4-10(9-11)14-12(15)6-7-13(16)17/h3-5,9H,2,6-8H2,1H3,(H,14,15)(H,16,17). The summed E-state index contributed by atoms with van der Waals surface area (Å²) in [5.41, 5.74) is 0.610. The van der Waals surface area contributed by atoms with Gasteiger partial charge in [-0.3, -0.25) is 9.59 Å². The van der Waals surface area contributed by atoms with E-state index in [4.69, 9.17) is 9.84 Å². The number of ether oxygens (including phenoxy) is 1. The number of anilines is 1. The number of aliphatic carboxylic acids is 1. The van der Waals surface area contributed by atoms with Gasteiger partial charge in [-0.05, 0) is 18.6 Å². The molecule has 0 saturated heterocycles. The van der Waals surface area contributed by atoms with Gasteiger partial charge < -0.3 is 15.2 Å². The molecule has 1 rings (SSSR count). The van der Waals surface area contributed by atoms with Gasteiger partial charge in [0, 0.05) is 18.2 Å². The Labute approximate surface area is 106 Å². The van der Waals surface area contributed by atoms with Gasteiger partial charge in [0.15, 0.2) is 0 Å². The fraction of sp³-hybridized carbons (Fsp3) is 0.385. The quantitative estimate of drug-likeness (QED) is 0.779. The van der Waals surface area contributed by atoms with E-state index in [0.717, 1.165) is 6.42 Å². The Kier molecular flexibility index (Phi) is 5.70. The Morgan fingerprint density at radius 3 is 2.78 bits per heavy atom. The molecule has 0 aromatic heterocycles. The van der Waals surface area contributed by atoms with Crippen molar-refractivity contribution in [1.29, 1.82) is 0 Å². The number of rotatable bonds is 7. The molecule has 0 saturated carbocycles. The Morgan fingerprint density at radius 2 is 2.11 bits per heavy atom. The number of benzene rings is 1. The van der Waals surface area contributed by atoms with Crippen LogP contribution < -0.4 is 10.1 Å². The topological polar surface area (TPSA) is 75.6 Å². The number of carbonyl (C=O) groups is 2. The molecule has 0 aliphatic rings. The highest BCUT2D eigenvalue weighted by atomic mass is 16.5. The third-order valence-corrected chi connectivity index (χ3v) is 2.16. The average Bonchev–Trinajstić information content (AvgIpc) is 2.34. The van der Waals surface area contributed by atoms with Crippen LogP contribution in [0.15, 0.2) is 24.3 Å². The van der Waals surface area contributed by atoms with Crippen LogP contribution in [0.25, 0.3) is 0 Å². The van der Waals surface area contributed by atoms with Gasteiger partial charge >= 0.3 is 5.97 Å². The second-order valence-electron chi connectivity index (χ2n) is 3.82. The molecule has 0 spiro atoms. The van der Waals surface area contributed by atoms with Crippen molar-refractivity contribution in [3.05, 3.63) is 24.3 Å². The van der Waals surface area contributed by atoms with E-state index in [-0.39, 0.29) is 18.7 Å². The second-order valence-corrected chi connectivity index (χ2v) is 3.82. The van der Waals surface area contributed by atoms with Crippen molar-refractivity contribution in [3.63, 3.8) is 0 Å². The minimum absolute atomic E-state index is 0.0324. The molecule has 0 aliphatic carbocycles. The maximum atomic E-state index is 11.4. The highest BCUT2D eigenvalue weighted by molar-refractivity contribution is 5.92. The summed E-state index contributed by atoms with van der Waals surface area (Å²) in [5, 5.41) is 11.1. The predicted molar refractivity (Wildman–Crippen MR) is 67.7 cm³/mol. The van der Waals surface area contributed by atoms with Crippen LogP contribution in [-0.2, 0) is 9.59 Å². The number of carboxylic acid groups (broad SMARTS) is 1. The monoisotopic (exact) mass is 251 g/mol. The predicted octanol–water partition coefficient (Wildman–Crippen LogP) is 2.28. The largest absolute Gasteiger partial charge is 0.494 e. The Balaban J connectivity index is 2.50. The molecule has 5 nitrogen and oxygen atoms in total. The van der Waals surface area contributed by atoms with E-state index in [1.807, 2.05) is 13.0 Å². The summed E-state index contributed by atoms with van der Waals surface area (Å²) in [4.78, 5) is 21.8. The molecule has 0 bridgehead atoms. The number of hydrogen-bond acceptors (Lipinski definition) is 3. The van der Waals surface area contributed by atoms with Gasteiger partial charge in [0.25, 0.3) is 0 Å². The number of hydrogen-bond donors (Lipinski definition) is 2. The summed E-state index contributed by atoms with van der Waals surface area (Å²) in [6, 6.07) is 7.03. The molecule has 5 heteroatoms. The van der Waals surface area contributed by atoms with E-state index >= 15 is 0 Å². The van der Waals surface area contributed by atoms with E-state index in [0.29, 0.717) is 18.0 Å². The first-order valence-corrected chi connectivity index (χ1v) is 5.86. The number of amides is 1. The molecule has 0 unspecified atom stereocenters. The molecule has 0 heterocycles. The van der Waals surface area contributed by atoms with Crippen LogP contribution in [0.2, 0.25) is 0 Å². The molecule has 1 amide bonds. The molecular weight excluding hydrogens is 234 g/mol. The van der Waals surface area contributed by atoms with Gasteiger partial charge in [0.1, 0.15) is 5.75 Å². The fourth-order valence-electron chi connectivity index (χ4n) is 1.33. The highest BCUT2D eigenvalue weighted by Gasteiger charge is 2.06. The third kappa shape index (κ3) is 5.34. The summed E-state index contributed by atoms with van der Waals surface area (Å²) >= 11 is 0. The smallest absolute Gasteiger partial charge is 0.303 e. The lowest BCUT2D eigenvalue weighted by Gasteiger charge is -2.08. The molecule has 0 atom stereocenters. The van der Waals surface area contributed by atoms with Crippen molar-refractivity contribution >= 4 is 17.6 Å². The lowest BCUT2D eigenvalue weighted by atomic mass is 10.2. The van der Waals surface area contributed by atoms with Crippen LogP contribution in [0.4, 0.5) is 5.69 Å². The number of carbonyl (C=O) groups excluding carboxylic acids is 1. The van der Waals surface area contributed by atoms with Gasteiger partial charge in [-0.1, -0.05) is 13.0 Å². The fourth-order valence-corrected chi connectivity index (χ4v) is 1.33. The van der Waals surface area contributed by atoms with E-state index in [1.165, 1.54) is 0 Å². The van der Waals surface area contributed by atoms with Crippen molar-refractivity contribution in [2.45, 2.75) is 26.2 Å². The maximum absolute atomic E-state index is 11.4. The van der Waals surface area contributed by atoms with Crippen LogP contribution >= 0.6 is 0 Å². The van der Waals surface area contributed by atoms with Gasteiger partial charge in [0.05, 0.1) is 13.0 Å². The van der Waals surface area contributed by atoms with Crippen LogP contribution in [0.1, 0.15) is 26.2 Å². The van der Waals surface area contributed by atoms with Gasteiger partial charge in [-0.25, -0.2) is 0 Å². The lowest BCUT2D eigenvalue weighted by Crippen LogP contribution is -2.13. The summed E-state index contributed by atoms with van der Waals surface area (Å²) in [6.07, 6.45) is 0.711. The SMILES string of the molecule is CCCOc1cccc(NC(=O)CCC(=O)O)c1. The van der Waals surface area contributed by atoms with Crippen LogP contribution in [-0.4, -0.2) is 23.6 Å². The van der Waals surface area contributed by atoms with Crippen molar-refractivity contribution in [3.8, 4) is 5.75 Å². The van der Waals surface area contributed by atoms with E-state index in [9.17, 15) is 9.59 Å². The molecule has 98 valence electrons. The zero-order valence-electron chi connectivity index (χ0n) is 10.3. The van der Waals surface area contributed by atoms with Crippen LogP contribution in [0.5, 0.6) is 5.75 Å². The van der Waals surface area contributed by atoms with E-state index in [1.54, 1.807) is 18.2 Å². The molecule has 0 aliphatic heterocycles. The first kappa shape index (κ1) is 14.0. The van der Waals surface area contributed by atoms with Crippen LogP contribution in [0, 0.1) is 0 Å². The maximum Gasteiger partial charge on any atom is 0.303 e. The van der Waals surface area contributed by atoms with Gasteiger partial charge in [-0.15, -0.1) is 0 Å². The van der Waals surface area contributed by atoms with Crippen molar-refractivity contribution in [2.75, 3.05) is 11.9 Å². The first-order valence-electron chi connectivity index (χ1n) is 5.86. The zero-order valence-corrected chi connectivity index (χ0v) is 10.3. The molecule has 0 radical (unpaired) electrons. The summed E-state index contributed by atoms with van der Waals surface area (Å²) in [5.74, 6) is -0.608. The van der Waals surface area contributed by atoms with E-state index < -0.39 is 5.97 Å². The molecule has 0 fully saturated rings. The molecular formula is C13H17NO4. The summed E-state index contributed by atoms with van der Waals surface area (Å²) in [7, 11) is 0. The van der Waals surface area contributed by atoms with Crippen molar-refractivity contribution < 1.29 is 19.4 Å². The number of nitrogens with one attached hydrogen (secondary N) is 1. The van der Waals surface area contributed by atoms with Crippen molar-refractivity contribution in [2.24, 2.45) is 0 Å². The Morgan fingerprint density at radius 1 is 1.33 bits per heavy atom. The van der Waals surface area contributed by atoms with Crippen molar-refractivity contribution in [1.82, 2.24) is 0 Å². The Hall–Kier alpha value is -2.04. The third-order valence-electron chi connectivity index (χ3n) is 2.16. The minimum Gasteiger partial charge on any atom is -0.494 e. The molecule has 1 aromatic carbocycles. The average molecular weight is 251 g/mol. The van der Waals surface area contributed by atoms with Gasteiger partial charge in [-0.2, -0.15) is 0 Å². The molecule has 1 aromatic rings. The second kappa shape index (κ2) is 7.32. The zero-order chi connectivity index (χ0) is 13.4.